The zero-order valence-corrected chi connectivity index (χ0v) is 13.0. The minimum atomic E-state index is -1.18. The van der Waals surface area contributed by atoms with E-state index in [4.69, 9.17) is 9.84 Å². The van der Waals surface area contributed by atoms with Gasteiger partial charge < -0.3 is 15.2 Å². The van der Waals surface area contributed by atoms with Crippen LogP contribution in [0.25, 0.3) is 0 Å². The van der Waals surface area contributed by atoms with Crippen molar-refractivity contribution in [1.29, 1.82) is 0 Å². The Kier molecular flexibility index (Phi) is 5.62. The van der Waals surface area contributed by atoms with Crippen LogP contribution in [0.3, 0.4) is 0 Å². The second-order valence-electron chi connectivity index (χ2n) is 4.84. The summed E-state index contributed by atoms with van der Waals surface area (Å²) in [6.45, 7) is 2.00. The molecule has 0 bridgehead atoms. The molecule has 0 atom stereocenters. The summed E-state index contributed by atoms with van der Waals surface area (Å²) in [5.74, 6) is -2.00. The zero-order chi connectivity index (χ0) is 17.5. The van der Waals surface area contributed by atoms with E-state index in [1.54, 1.807) is 43.3 Å². The van der Waals surface area contributed by atoms with Crippen molar-refractivity contribution in [2.45, 2.75) is 13.3 Å². The molecule has 0 aliphatic rings. The van der Waals surface area contributed by atoms with E-state index >= 15 is 0 Å². The van der Waals surface area contributed by atoms with Crippen molar-refractivity contribution in [2.75, 3.05) is 11.9 Å². The van der Waals surface area contributed by atoms with Crippen LogP contribution >= 0.6 is 0 Å². The Hall–Kier alpha value is -3.22. The monoisotopic (exact) mass is 328 g/mol. The Morgan fingerprint density at radius 2 is 1.88 bits per heavy atom. The van der Waals surface area contributed by atoms with Gasteiger partial charge in [0.2, 0.25) is 5.91 Å². The number of esters is 1. The Morgan fingerprint density at radius 1 is 1.17 bits per heavy atom. The normalized spacial score (nSPS) is 10.0. The zero-order valence-electron chi connectivity index (χ0n) is 13.0. The number of pyridine rings is 1. The highest BCUT2D eigenvalue weighted by atomic mass is 16.5. The van der Waals surface area contributed by atoms with E-state index in [-0.39, 0.29) is 24.6 Å². The number of hydrogen-bond acceptors (Lipinski definition) is 5. The summed E-state index contributed by atoms with van der Waals surface area (Å²) in [5, 5.41) is 11.7. The van der Waals surface area contributed by atoms with Crippen LogP contribution in [0.1, 0.15) is 33.3 Å². The third-order valence-corrected chi connectivity index (χ3v) is 3.12. The van der Waals surface area contributed by atoms with Crippen LogP contribution in [-0.4, -0.2) is 34.5 Å². The quantitative estimate of drug-likeness (QED) is 0.787. The van der Waals surface area contributed by atoms with E-state index in [2.05, 4.69) is 10.3 Å². The number of carboxylic acid groups (broad SMARTS) is 1. The summed E-state index contributed by atoms with van der Waals surface area (Å²) in [6, 6.07) is 9.35. The summed E-state index contributed by atoms with van der Waals surface area (Å²) >= 11 is 0. The fourth-order valence-corrected chi connectivity index (χ4v) is 2.06. The van der Waals surface area contributed by atoms with Gasteiger partial charge in [-0.3, -0.25) is 4.79 Å². The van der Waals surface area contributed by atoms with E-state index in [9.17, 15) is 14.4 Å². The van der Waals surface area contributed by atoms with Crippen LogP contribution in [0.15, 0.2) is 42.6 Å². The number of anilines is 1. The van der Waals surface area contributed by atoms with Crippen molar-refractivity contribution in [3.05, 3.63) is 59.4 Å². The van der Waals surface area contributed by atoms with Gasteiger partial charge in [0, 0.05) is 11.9 Å². The standard InChI is InChI=1S/C17H16N2O5/c1-2-24-17(23)11-5-7-13(8-6-11)19-14(20)10-12-4-3-9-18-15(12)16(21)22/h3-9H,2,10H2,1H3,(H,19,20)(H,21,22). The van der Waals surface area contributed by atoms with Gasteiger partial charge in [-0.05, 0) is 42.8 Å². The molecule has 0 aliphatic heterocycles. The Morgan fingerprint density at radius 3 is 2.50 bits per heavy atom. The number of nitrogens with one attached hydrogen (secondary N) is 1. The molecule has 0 aliphatic carbocycles. The summed E-state index contributed by atoms with van der Waals surface area (Å²) in [7, 11) is 0. The maximum Gasteiger partial charge on any atom is 0.354 e. The average molecular weight is 328 g/mol. The van der Waals surface area contributed by atoms with Gasteiger partial charge in [0.1, 0.15) is 0 Å². The molecular weight excluding hydrogens is 312 g/mol. The molecule has 0 spiro atoms. The molecule has 1 aromatic carbocycles. The lowest BCUT2D eigenvalue weighted by Crippen LogP contribution is -2.17. The molecule has 1 heterocycles. The molecule has 0 saturated carbocycles. The molecule has 1 aromatic heterocycles. The molecule has 124 valence electrons. The first kappa shape index (κ1) is 17.1. The van der Waals surface area contributed by atoms with E-state index in [0.29, 0.717) is 16.8 Å². The summed E-state index contributed by atoms with van der Waals surface area (Å²) in [5.41, 5.74) is 1.06. The second-order valence-corrected chi connectivity index (χ2v) is 4.84. The highest BCUT2D eigenvalue weighted by Gasteiger charge is 2.14. The number of rotatable bonds is 6. The minimum absolute atomic E-state index is 0.116. The number of ether oxygens (including phenoxy) is 1. The van der Waals surface area contributed by atoms with Crippen LogP contribution in [0.5, 0.6) is 0 Å². The van der Waals surface area contributed by atoms with Gasteiger partial charge in [0.05, 0.1) is 18.6 Å². The van der Waals surface area contributed by atoms with E-state index < -0.39 is 11.9 Å². The van der Waals surface area contributed by atoms with E-state index in [1.165, 1.54) is 6.20 Å². The van der Waals surface area contributed by atoms with Crippen molar-refractivity contribution in [1.82, 2.24) is 4.98 Å². The highest BCUT2D eigenvalue weighted by molar-refractivity contribution is 5.96. The van der Waals surface area contributed by atoms with Gasteiger partial charge in [-0.1, -0.05) is 6.07 Å². The van der Waals surface area contributed by atoms with Gasteiger partial charge in [-0.15, -0.1) is 0 Å². The molecule has 2 rings (SSSR count). The maximum absolute atomic E-state index is 12.1. The van der Waals surface area contributed by atoms with E-state index in [0.717, 1.165) is 0 Å². The SMILES string of the molecule is CCOC(=O)c1ccc(NC(=O)Cc2cccnc2C(=O)O)cc1. The fourth-order valence-electron chi connectivity index (χ4n) is 2.06. The number of amides is 1. The lowest BCUT2D eigenvalue weighted by Gasteiger charge is -2.08. The number of nitrogens with zero attached hydrogens (tertiary/aromatic N) is 1. The third-order valence-electron chi connectivity index (χ3n) is 3.12. The van der Waals surface area contributed by atoms with Gasteiger partial charge in [-0.2, -0.15) is 0 Å². The molecule has 0 unspecified atom stereocenters. The molecule has 7 heteroatoms. The van der Waals surface area contributed by atoms with Crippen molar-refractivity contribution in [2.24, 2.45) is 0 Å². The summed E-state index contributed by atoms with van der Waals surface area (Å²) in [4.78, 5) is 38.4. The number of aromatic carboxylic acids is 1. The van der Waals surface area contributed by atoms with Crippen LogP contribution in [-0.2, 0) is 16.0 Å². The Bertz CT molecular complexity index is 756. The summed E-state index contributed by atoms with van der Waals surface area (Å²) in [6.07, 6.45) is 1.24. The molecule has 0 fully saturated rings. The molecule has 0 radical (unpaired) electrons. The first-order valence-corrected chi connectivity index (χ1v) is 7.25. The molecule has 2 N–H and O–H groups in total. The fraction of sp³-hybridized carbons (Fsp3) is 0.176. The Balaban J connectivity index is 2.03. The molecule has 0 saturated heterocycles. The second kappa shape index (κ2) is 7.87. The maximum atomic E-state index is 12.1. The van der Waals surface area contributed by atoms with Gasteiger partial charge in [0.15, 0.2) is 5.69 Å². The third kappa shape index (κ3) is 4.39. The van der Waals surface area contributed by atoms with Crippen molar-refractivity contribution in [3.63, 3.8) is 0 Å². The van der Waals surface area contributed by atoms with Gasteiger partial charge in [0.25, 0.3) is 0 Å². The molecule has 7 nitrogen and oxygen atoms in total. The van der Waals surface area contributed by atoms with Crippen molar-refractivity contribution < 1.29 is 24.2 Å². The number of benzene rings is 1. The summed E-state index contributed by atoms with van der Waals surface area (Å²) < 4.78 is 4.87. The average Bonchev–Trinajstić information content (AvgIpc) is 2.56. The van der Waals surface area contributed by atoms with Crippen molar-refractivity contribution >= 4 is 23.5 Å². The van der Waals surface area contributed by atoms with Crippen LogP contribution in [0.2, 0.25) is 0 Å². The topological polar surface area (TPSA) is 106 Å². The van der Waals surface area contributed by atoms with Crippen LogP contribution in [0.4, 0.5) is 5.69 Å². The lowest BCUT2D eigenvalue weighted by molar-refractivity contribution is -0.115. The van der Waals surface area contributed by atoms with Gasteiger partial charge >= 0.3 is 11.9 Å². The van der Waals surface area contributed by atoms with Crippen molar-refractivity contribution in [3.8, 4) is 0 Å². The van der Waals surface area contributed by atoms with Crippen LogP contribution < -0.4 is 5.32 Å². The highest BCUT2D eigenvalue weighted by Crippen LogP contribution is 2.12. The molecule has 24 heavy (non-hydrogen) atoms. The number of carbonyl (C=O) groups is 3. The smallest absolute Gasteiger partial charge is 0.354 e. The predicted molar refractivity (Wildman–Crippen MR) is 85.9 cm³/mol. The number of hydrogen-bond donors (Lipinski definition) is 2. The lowest BCUT2D eigenvalue weighted by atomic mass is 10.1. The molecule has 1 amide bonds. The predicted octanol–water partition coefficient (Wildman–Crippen LogP) is 2.14. The first-order chi connectivity index (χ1) is 11.5. The Labute approximate surface area is 138 Å². The molecular formula is C17H16N2O5. The number of aromatic nitrogens is 1. The molecule has 2 aromatic rings. The number of carboxylic acids is 1. The largest absolute Gasteiger partial charge is 0.477 e. The first-order valence-electron chi connectivity index (χ1n) is 7.25. The van der Waals surface area contributed by atoms with Gasteiger partial charge in [-0.25, -0.2) is 14.6 Å². The van der Waals surface area contributed by atoms with Crippen LogP contribution in [0, 0.1) is 0 Å². The minimum Gasteiger partial charge on any atom is -0.477 e. The number of carbonyl (C=O) groups excluding carboxylic acids is 2. The van der Waals surface area contributed by atoms with E-state index in [1.807, 2.05) is 0 Å².